The lowest BCUT2D eigenvalue weighted by Crippen LogP contribution is -2.56. The third kappa shape index (κ3) is 4.37. The van der Waals surface area contributed by atoms with Crippen LogP contribution >= 0.6 is 0 Å². The summed E-state index contributed by atoms with van der Waals surface area (Å²) in [7, 11) is 1.69. The van der Waals surface area contributed by atoms with Gasteiger partial charge in [-0.05, 0) is 30.9 Å². The van der Waals surface area contributed by atoms with Crippen molar-refractivity contribution in [3.8, 4) is 5.75 Å². The molecule has 2 aromatic rings. The fraction of sp³-hybridized carbons (Fsp3) is 0.480. The molecule has 3 atom stereocenters. The molecule has 1 heterocycles. The Balaban J connectivity index is 1.55. The Bertz CT molecular complexity index is 856. The standard InChI is InChI=1S/C25H32N2O3/c1-30-22-13-6-5-11-20(22)24-21-12-7-8-14-25(21,29)15-16-27(24)18-23(28)26-17-19-9-3-2-4-10-19/h2-6,9-11,13,21,24,29H,7-8,12,14-18H2,1H3,(H,26,28)/t21-,24+,25+/m1/s1. The van der Waals surface area contributed by atoms with Gasteiger partial charge in [-0.2, -0.15) is 0 Å². The lowest BCUT2D eigenvalue weighted by Gasteiger charge is -2.52. The number of para-hydroxylation sites is 1. The maximum Gasteiger partial charge on any atom is 0.234 e. The smallest absolute Gasteiger partial charge is 0.234 e. The molecule has 1 aliphatic carbocycles. The van der Waals surface area contributed by atoms with Crippen molar-refractivity contribution in [1.29, 1.82) is 0 Å². The van der Waals surface area contributed by atoms with Gasteiger partial charge in [0.15, 0.2) is 0 Å². The van der Waals surface area contributed by atoms with Gasteiger partial charge < -0.3 is 15.2 Å². The van der Waals surface area contributed by atoms with E-state index in [1.54, 1.807) is 7.11 Å². The molecule has 2 N–H and O–H groups in total. The first-order valence-corrected chi connectivity index (χ1v) is 11.0. The minimum absolute atomic E-state index is 0.0139. The molecule has 1 saturated heterocycles. The maximum atomic E-state index is 12.8. The van der Waals surface area contributed by atoms with Crippen molar-refractivity contribution in [3.63, 3.8) is 0 Å². The molecule has 5 nitrogen and oxygen atoms in total. The van der Waals surface area contributed by atoms with Crippen LogP contribution in [-0.4, -0.2) is 41.7 Å². The van der Waals surface area contributed by atoms with Crippen molar-refractivity contribution in [2.45, 2.75) is 50.3 Å². The summed E-state index contributed by atoms with van der Waals surface area (Å²) in [5.41, 5.74) is 1.51. The highest BCUT2D eigenvalue weighted by Gasteiger charge is 2.49. The number of amides is 1. The number of ether oxygens (including phenoxy) is 1. The number of piperidine rings is 1. The SMILES string of the molecule is COc1ccccc1[C@H]1[C@H]2CCCC[C@]2(O)CCN1CC(=O)NCc1ccccc1. The van der Waals surface area contributed by atoms with Crippen LogP contribution in [0, 0.1) is 5.92 Å². The van der Waals surface area contributed by atoms with E-state index in [2.05, 4.69) is 16.3 Å². The van der Waals surface area contributed by atoms with Crippen LogP contribution in [0.3, 0.4) is 0 Å². The van der Waals surface area contributed by atoms with E-state index >= 15 is 0 Å². The number of carbonyl (C=O) groups is 1. The zero-order valence-corrected chi connectivity index (χ0v) is 17.7. The van der Waals surface area contributed by atoms with Crippen LogP contribution in [0.2, 0.25) is 0 Å². The van der Waals surface area contributed by atoms with E-state index in [9.17, 15) is 9.90 Å². The Kier molecular flexibility index (Phi) is 6.40. The molecule has 1 aliphatic heterocycles. The highest BCUT2D eigenvalue weighted by Crippen LogP contribution is 2.50. The number of fused-ring (bicyclic) bond motifs is 1. The number of hydrogen-bond acceptors (Lipinski definition) is 4. The molecule has 0 spiro atoms. The minimum atomic E-state index is -0.652. The molecular formula is C25H32N2O3. The summed E-state index contributed by atoms with van der Waals surface area (Å²) in [4.78, 5) is 15.0. The van der Waals surface area contributed by atoms with Crippen molar-refractivity contribution in [2.24, 2.45) is 5.92 Å². The van der Waals surface area contributed by atoms with Gasteiger partial charge in [-0.1, -0.05) is 61.4 Å². The van der Waals surface area contributed by atoms with Gasteiger partial charge in [-0.3, -0.25) is 9.69 Å². The van der Waals surface area contributed by atoms with Gasteiger partial charge in [0.25, 0.3) is 0 Å². The van der Waals surface area contributed by atoms with E-state index in [1.165, 1.54) is 0 Å². The Morgan fingerprint density at radius 3 is 2.70 bits per heavy atom. The summed E-state index contributed by atoms with van der Waals surface area (Å²) in [6.07, 6.45) is 4.73. The fourth-order valence-electron chi connectivity index (χ4n) is 5.28. The van der Waals surface area contributed by atoms with Gasteiger partial charge in [0.05, 0.1) is 19.3 Å². The third-order valence-electron chi connectivity index (χ3n) is 6.81. The molecule has 2 fully saturated rings. The second-order valence-corrected chi connectivity index (χ2v) is 8.63. The predicted molar refractivity (Wildman–Crippen MR) is 117 cm³/mol. The molecule has 1 saturated carbocycles. The molecule has 4 rings (SSSR count). The summed E-state index contributed by atoms with van der Waals surface area (Å²) >= 11 is 0. The van der Waals surface area contributed by atoms with Crippen molar-refractivity contribution >= 4 is 5.91 Å². The highest BCUT2D eigenvalue weighted by atomic mass is 16.5. The van der Waals surface area contributed by atoms with Crippen LogP contribution in [-0.2, 0) is 11.3 Å². The number of methoxy groups -OCH3 is 1. The van der Waals surface area contributed by atoms with Gasteiger partial charge in [-0.25, -0.2) is 0 Å². The molecule has 2 aliphatic rings. The number of hydrogen-bond donors (Lipinski definition) is 2. The molecule has 0 radical (unpaired) electrons. The topological polar surface area (TPSA) is 61.8 Å². The number of likely N-dealkylation sites (tertiary alicyclic amines) is 1. The Labute approximate surface area is 179 Å². The second kappa shape index (κ2) is 9.19. The molecule has 5 heteroatoms. The number of nitrogens with one attached hydrogen (secondary N) is 1. The maximum absolute atomic E-state index is 12.8. The van der Waals surface area contributed by atoms with Gasteiger partial charge in [-0.15, -0.1) is 0 Å². The number of nitrogens with zero attached hydrogens (tertiary/aromatic N) is 1. The minimum Gasteiger partial charge on any atom is -0.496 e. The average Bonchev–Trinajstić information content (AvgIpc) is 2.78. The normalized spacial score (nSPS) is 26.6. The summed E-state index contributed by atoms with van der Waals surface area (Å²) in [5.74, 6) is 0.949. The van der Waals surface area contributed by atoms with E-state index in [0.29, 0.717) is 19.6 Å². The first kappa shape index (κ1) is 20.9. The van der Waals surface area contributed by atoms with Crippen LogP contribution in [0.5, 0.6) is 5.75 Å². The zero-order valence-electron chi connectivity index (χ0n) is 17.7. The van der Waals surface area contributed by atoms with E-state index in [1.807, 2.05) is 48.5 Å². The van der Waals surface area contributed by atoms with Crippen molar-refractivity contribution in [2.75, 3.05) is 20.2 Å². The molecule has 30 heavy (non-hydrogen) atoms. The van der Waals surface area contributed by atoms with Crippen molar-refractivity contribution in [3.05, 3.63) is 65.7 Å². The lowest BCUT2D eigenvalue weighted by molar-refractivity contribution is -0.138. The van der Waals surface area contributed by atoms with E-state index in [0.717, 1.165) is 49.0 Å². The monoisotopic (exact) mass is 408 g/mol. The number of aliphatic hydroxyl groups is 1. The molecule has 0 bridgehead atoms. The van der Waals surface area contributed by atoms with Gasteiger partial charge in [0.2, 0.25) is 5.91 Å². The van der Waals surface area contributed by atoms with E-state index in [4.69, 9.17) is 4.74 Å². The summed E-state index contributed by atoms with van der Waals surface area (Å²) in [5, 5.41) is 14.5. The molecule has 2 aromatic carbocycles. The van der Waals surface area contributed by atoms with Gasteiger partial charge in [0.1, 0.15) is 5.75 Å². The van der Waals surface area contributed by atoms with Crippen molar-refractivity contribution in [1.82, 2.24) is 10.2 Å². The third-order valence-corrected chi connectivity index (χ3v) is 6.81. The molecule has 1 amide bonds. The first-order valence-electron chi connectivity index (χ1n) is 11.0. The number of carbonyl (C=O) groups excluding carboxylic acids is 1. The van der Waals surface area contributed by atoms with E-state index < -0.39 is 5.60 Å². The lowest BCUT2D eigenvalue weighted by atomic mass is 9.66. The van der Waals surface area contributed by atoms with Crippen LogP contribution in [0.25, 0.3) is 0 Å². The Morgan fingerprint density at radius 2 is 1.90 bits per heavy atom. The molecule has 160 valence electrons. The Hall–Kier alpha value is -2.37. The Morgan fingerprint density at radius 1 is 1.13 bits per heavy atom. The summed E-state index contributed by atoms with van der Waals surface area (Å²) in [6.45, 7) is 1.55. The zero-order chi connectivity index (χ0) is 21.0. The first-order chi connectivity index (χ1) is 14.6. The van der Waals surface area contributed by atoms with Gasteiger partial charge >= 0.3 is 0 Å². The molecular weight excluding hydrogens is 376 g/mol. The number of rotatable bonds is 6. The largest absolute Gasteiger partial charge is 0.496 e. The predicted octanol–water partition coefficient (Wildman–Crippen LogP) is 3.68. The number of benzene rings is 2. The second-order valence-electron chi connectivity index (χ2n) is 8.63. The molecule has 0 aromatic heterocycles. The van der Waals surface area contributed by atoms with Crippen LogP contribution in [0.1, 0.15) is 49.3 Å². The van der Waals surface area contributed by atoms with Crippen LogP contribution in [0.4, 0.5) is 0 Å². The fourth-order valence-corrected chi connectivity index (χ4v) is 5.28. The quantitative estimate of drug-likeness (QED) is 0.765. The highest BCUT2D eigenvalue weighted by molar-refractivity contribution is 5.78. The van der Waals surface area contributed by atoms with E-state index in [-0.39, 0.29) is 17.9 Å². The van der Waals surface area contributed by atoms with Crippen LogP contribution in [0.15, 0.2) is 54.6 Å². The summed E-state index contributed by atoms with van der Waals surface area (Å²) < 4.78 is 5.66. The van der Waals surface area contributed by atoms with Crippen molar-refractivity contribution < 1.29 is 14.6 Å². The van der Waals surface area contributed by atoms with Gasteiger partial charge in [0, 0.05) is 30.6 Å². The summed E-state index contributed by atoms with van der Waals surface area (Å²) in [6, 6.07) is 18.0. The molecule has 0 unspecified atom stereocenters. The van der Waals surface area contributed by atoms with Crippen LogP contribution < -0.4 is 10.1 Å². The average molecular weight is 409 g/mol.